The van der Waals surface area contributed by atoms with Gasteiger partial charge in [0.2, 0.25) is 5.91 Å². The number of carbonyl (C=O) groups excluding carboxylic acids is 1. The van der Waals surface area contributed by atoms with Crippen molar-refractivity contribution in [2.45, 2.75) is 25.8 Å². The zero-order chi connectivity index (χ0) is 15.9. The third-order valence-corrected chi connectivity index (χ3v) is 4.15. The molecule has 0 spiro atoms. The Morgan fingerprint density at radius 1 is 1.35 bits per heavy atom. The van der Waals surface area contributed by atoms with Gasteiger partial charge in [0, 0.05) is 20.3 Å². The molecular weight excluding hydrogens is 316 g/mol. The van der Waals surface area contributed by atoms with Crippen molar-refractivity contribution in [3.8, 4) is 5.75 Å². The third-order valence-electron chi connectivity index (χ3n) is 4.15. The van der Waals surface area contributed by atoms with E-state index < -0.39 is 6.04 Å². The summed E-state index contributed by atoms with van der Waals surface area (Å²) in [6.07, 6.45) is 1.72. The Bertz CT molecular complexity index is 475. The topological polar surface area (TPSA) is 64.8 Å². The molecule has 2 rings (SSSR count). The SMILES string of the molecule is Cc1ccc(OCCN(C)C(=O)C(N)C2CCOCC2)cc1.Cl. The lowest BCUT2D eigenvalue weighted by Crippen LogP contribution is -2.48. The maximum atomic E-state index is 12.3. The number of carbonyl (C=O) groups is 1. The molecule has 5 nitrogen and oxygen atoms in total. The molecule has 1 amide bonds. The molecule has 1 unspecified atom stereocenters. The molecule has 1 aromatic carbocycles. The molecule has 0 radical (unpaired) electrons. The lowest BCUT2D eigenvalue weighted by atomic mass is 9.91. The van der Waals surface area contributed by atoms with Gasteiger partial charge in [0.25, 0.3) is 0 Å². The molecule has 0 aliphatic carbocycles. The van der Waals surface area contributed by atoms with Gasteiger partial charge in [-0.3, -0.25) is 4.79 Å². The van der Waals surface area contributed by atoms with Crippen LogP contribution < -0.4 is 10.5 Å². The van der Waals surface area contributed by atoms with Gasteiger partial charge < -0.3 is 20.1 Å². The van der Waals surface area contributed by atoms with E-state index in [-0.39, 0.29) is 24.2 Å². The fraction of sp³-hybridized carbons (Fsp3) is 0.588. The summed E-state index contributed by atoms with van der Waals surface area (Å²) in [6.45, 7) is 4.43. The minimum absolute atomic E-state index is 0. The molecule has 23 heavy (non-hydrogen) atoms. The van der Waals surface area contributed by atoms with Crippen LogP contribution in [0.4, 0.5) is 0 Å². The molecule has 2 N–H and O–H groups in total. The first-order valence-electron chi connectivity index (χ1n) is 7.85. The predicted octanol–water partition coefficient (Wildman–Crippen LogP) is 2.01. The average Bonchev–Trinajstić information content (AvgIpc) is 2.56. The maximum Gasteiger partial charge on any atom is 0.239 e. The van der Waals surface area contributed by atoms with E-state index in [0.29, 0.717) is 26.4 Å². The summed E-state index contributed by atoms with van der Waals surface area (Å²) in [5, 5.41) is 0. The first-order chi connectivity index (χ1) is 10.6. The van der Waals surface area contributed by atoms with E-state index in [2.05, 4.69) is 0 Å². The second-order valence-corrected chi connectivity index (χ2v) is 5.90. The second-order valence-electron chi connectivity index (χ2n) is 5.90. The van der Waals surface area contributed by atoms with Gasteiger partial charge in [-0.05, 0) is 37.8 Å². The Kier molecular flexibility index (Phi) is 8.37. The largest absolute Gasteiger partial charge is 0.492 e. The van der Waals surface area contributed by atoms with Crippen LogP contribution in [0.5, 0.6) is 5.75 Å². The molecule has 0 saturated carbocycles. The van der Waals surface area contributed by atoms with Crippen LogP contribution in [0.3, 0.4) is 0 Å². The van der Waals surface area contributed by atoms with Crippen LogP contribution in [0.25, 0.3) is 0 Å². The van der Waals surface area contributed by atoms with E-state index in [4.69, 9.17) is 15.2 Å². The molecule has 0 aromatic heterocycles. The minimum atomic E-state index is -0.437. The first kappa shape index (κ1) is 19.7. The van der Waals surface area contributed by atoms with Crippen molar-refractivity contribution in [2.75, 3.05) is 33.4 Å². The normalized spacial score (nSPS) is 16.3. The first-order valence-corrected chi connectivity index (χ1v) is 7.85. The Labute approximate surface area is 144 Å². The summed E-state index contributed by atoms with van der Waals surface area (Å²) in [5.41, 5.74) is 7.30. The number of halogens is 1. The van der Waals surface area contributed by atoms with Crippen LogP contribution in [0.15, 0.2) is 24.3 Å². The number of likely N-dealkylation sites (N-methyl/N-ethyl adjacent to an activating group) is 1. The Balaban J connectivity index is 0.00000264. The molecule has 1 aromatic rings. The van der Waals surface area contributed by atoms with Crippen LogP contribution in [0, 0.1) is 12.8 Å². The summed E-state index contributed by atoms with van der Waals surface area (Å²) in [6, 6.07) is 7.44. The van der Waals surface area contributed by atoms with E-state index in [9.17, 15) is 4.79 Å². The summed E-state index contributed by atoms with van der Waals surface area (Å²) >= 11 is 0. The van der Waals surface area contributed by atoms with E-state index >= 15 is 0 Å². The quantitative estimate of drug-likeness (QED) is 0.859. The van der Waals surface area contributed by atoms with E-state index in [1.165, 1.54) is 5.56 Å². The summed E-state index contributed by atoms with van der Waals surface area (Å²) in [7, 11) is 1.78. The molecule has 0 bridgehead atoms. The molecule has 130 valence electrons. The number of nitrogens with zero attached hydrogens (tertiary/aromatic N) is 1. The van der Waals surface area contributed by atoms with Gasteiger partial charge in [0.05, 0.1) is 12.6 Å². The number of hydrogen-bond acceptors (Lipinski definition) is 4. The van der Waals surface area contributed by atoms with E-state index in [1.807, 2.05) is 31.2 Å². The zero-order valence-corrected chi connectivity index (χ0v) is 14.7. The van der Waals surface area contributed by atoms with Crippen molar-refractivity contribution >= 4 is 18.3 Å². The van der Waals surface area contributed by atoms with Crippen molar-refractivity contribution in [1.29, 1.82) is 0 Å². The van der Waals surface area contributed by atoms with Crippen LogP contribution in [0.2, 0.25) is 0 Å². The highest BCUT2D eigenvalue weighted by atomic mass is 35.5. The lowest BCUT2D eigenvalue weighted by molar-refractivity contribution is -0.133. The Morgan fingerprint density at radius 3 is 2.57 bits per heavy atom. The summed E-state index contributed by atoms with van der Waals surface area (Å²) in [5.74, 6) is 1.03. The molecular formula is C17H27ClN2O3. The molecule has 1 heterocycles. The van der Waals surface area contributed by atoms with Crippen molar-refractivity contribution in [3.05, 3.63) is 29.8 Å². The highest BCUT2D eigenvalue weighted by Crippen LogP contribution is 2.18. The van der Waals surface area contributed by atoms with Crippen molar-refractivity contribution in [3.63, 3.8) is 0 Å². The number of aryl methyl sites for hydroxylation is 1. The van der Waals surface area contributed by atoms with Crippen molar-refractivity contribution in [1.82, 2.24) is 4.90 Å². The highest BCUT2D eigenvalue weighted by molar-refractivity contribution is 5.85. The van der Waals surface area contributed by atoms with Gasteiger partial charge in [-0.2, -0.15) is 0 Å². The standard InChI is InChI=1S/C17H26N2O3.ClH/c1-13-3-5-15(6-4-13)22-12-9-19(2)17(20)16(18)14-7-10-21-11-8-14;/h3-6,14,16H,7-12,18H2,1-2H3;1H. The number of rotatable bonds is 6. The number of nitrogens with two attached hydrogens (primary N) is 1. The summed E-state index contributed by atoms with van der Waals surface area (Å²) in [4.78, 5) is 14.0. The third kappa shape index (κ3) is 6.01. The number of hydrogen-bond donors (Lipinski definition) is 1. The van der Waals surface area contributed by atoms with Crippen molar-refractivity contribution < 1.29 is 14.3 Å². The van der Waals surface area contributed by atoms with Gasteiger partial charge in [-0.1, -0.05) is 17.7 Å². The number of amides is 1. The fourth-order valence-electron chi connectivity index (χ4n) is 2.58. The summed E-state index contributed by atoms with van der Waals surface area (Å²) < 4.78 is 11.0. The minimum Gasteiger partial charge on any atom is -0.492 e. The molecule has 1 aliphatic heterocycles. The molecule has 1 atom stereocenters. The average molecular weight is 343 g/mol. The van der Waals surface area contributed by atoms with Crippen LogP contribution >= 0.6 is 12.4 Å². The van der Waals surface area contributed by atoms with Crippen molar-refractivity contribution in [2.24, 2.45) is 11.7 Å². The van der Waals surface area contributed by atoms with Crippen LogP contribution in [-0.4, -0.2) is 50.3 Å². The molecule has 6 heteroatoms. The van der Waals surface area contributed by atoms with Crippen LogP contribution in [-0.2, 0) is 9.53 Å². The zero-order valence-electron chi connectivity index (χ0n) is 13.9. The Hall–Kier alpha value is -1.30. The fourth-order valence-corrected chi connectivity index (χ4v) is 2.58. The Morgan fingerprint density at radius 2 is 1.96 bits per heavy atom. The number of benzene rings is 1. The maximum absolute atomic E-state index is 12.3. The molecule has 1 fully saturated rings. The van der Waals surface area contributed by atoms with Gasteiger partial charge in [-0.25, -0.2) is 0 Å². The highest BCUT2D eigenvalue weighted by Gasteiger charge is 2.28. The lowest BCUT2D eigenvalue weighted by Gasteiger charge is -2.29. The van der Waals surface area contributed by atoms with Gasteiger partial charge in [-0.15, -0.1) is 12.4 Å². The second kappa shape index (κ2) is 9.75. The van der Waals surface area contributed by atoms with Gasteiger partial charge in [0.1, 0.15) is 12.4 Å². The monoisotopic (exact) mass is 342 g/mol. The molecule has 1 saturated heterocycles. The van der Waals surface area contributed by atoms with E-state index in [1.54, 1.807) is 11.9 Å². The van der Waals surface area contributed by atoms with Crippen LogP contribution in [0.1, 0.15) is 18.4 Å². The number of ether oxygens (including phenoxy) is 2. The predicted molar refractivity (Wildman–Crippen MR) is 93.1 cm³/mol. The van der Waals surface area contributed by atoms with Gasteiger partial charge in [0.15, 0.2) is 0 Å². The smallest absolute Gasteiger partial charge is 0.239 e. The van der Waals surface area contributed by atoms with Gasteiger partial charge >= 0.3 is 0 Å². The molecule has 1 aliphatic rings. The van der Waals surface area contributed by atoms with E-state index in [0.717, 1.165) is 18.6 Å².